The first-order chi connectivity index (χ1) is 15.8. The Morgan fingerprint density at radius 1 is 0.970 bits per heavy atom. The van der Waals surface area contributed by atoms with E-state index in [1.807, 2.05) is 50.2 Å². The molecular weight excluding hydrogens is 430 g/mol. The number of thiophene rings is 1. The predicted octanol–water partition coefficient (Wildman–Crippen LogP) is 5.48. The van der Waals surface area contributed by atoms with Gasteiger partial charge in [-0.3, -0.25) is 9.59 Å². The average Bonchev–Trinajstić information content (AvgIpc) is 3.22. The first kappa shape index (κ1) is 24.2. The first-order valence-corrected chi connectivity index (χ1v) is 11.8. The van der Waals surface area contributed by atoms with E-state index in [-0.39, 0.29) is 24.3 Å². The van der Waals surface area contributed by atoms with Crippen molar-refractivity contribution in [2.45, 2.75) is 40.2 Å². The van der Waals surface area contributed by atoms with Crippen LogP contribution in [0.15, 0.2) is 54.6 Å². The van der Waals surface area contributed by atoms with Crippen molar-refractivity contribution in [2.75, 3.05) is 6.54 Å². The van der Waals surface area contributed by atoms with Gasteiger partial charge in [-0.05, 0) is 54.5 Å². The summed E-state index contributed by atoms with van der Waals surface area (Å²) in [7, 11) is 0. The van der Waals surface area contributed by atoms with Crippen molar-refractivity contribution in [2.24, 2.45) is 5.92 Å². The molecule has 5 nitrogen and oxygen atoms in total. The molecule has 33 heavy (non-hydrogen) atoms. The number of nitrogens with one attached hydrogen (secondary N) is 2. The smallest absolute Gasteiger partial charge is 0.262 e. The maximum absolute atomic E-state index is 13.3. The summed E-state index contributed by atoms with van der Waals surface area (Å²) in [6.45, 7) is 8.03. The summed E-state index contributed by atoms with van der Waals surface area (Å²) in [5.41, 5.74) is 5.44. The van der Waals surface area contributed by atoms with Gasteiger partial charge in [0.25, 0.3) is 5.91 Å². The van der Waals surface area contributed by atoms with Crippen molar-refractivity contribution in [1.82, 2.24) is 10.6 Å². The van der Waals surface area contributed by atoms with Gasteiger partial charge in [0.1, 0.15) is 12.6 Å². The number of benzene rings is 2. The quantitative estimate of drug-likeness (QED) is 0.438. The molecule has 0 radical (unpaired) electrons. The Morgan fingerprint density at radius 2 is 1.58 bits per heavy atom. The van der Waals surface area contributed by atoms with Crippen LogP contribution < -0.4 is 10.6 Å². The normalized spacial score (nSPS) is 11.6. The Balaban J connectivity index is 2.01. The zero-order valence-corrected chi connectivity index (χ0v) is 20.3. The number of nitrogens with zero attached hydrogens (tertiary/aromatic N) is 1. The van der Waals surface area contributed by atoms with Gasteiger partial charge in [0.2, 0.25) is 5.91 Å². The van der Waals surface area contributed by atoms with Crippen LogP contribution in [0.2, 0.25) is 0 Å². The molecule has 0 saturated carbocycles. The van der Waals surface area contributed by atoms with Crippen LogP contribution in [-0.2, 0) is 4.79 Å². The summed E-state index contributed by atoms with van der Waals surface area (Å²) in [4.78, 5) is 27.4. The first-order valence-electron chi connectivity index (χ1n) is 11.0. The van der Waals surface area contributed by atoms with Crippen molar-refractivity contribution in [3.05, 3.63) is 70.6 Å². The van der Waals surface area contributed by atoms with Crippen molar-refractivity contribution < 1.29 is 9.59 Å². The molecule has 2 amide bonds. The lowest BCUT2D eigenvalue weighted by Crippen LogP contribution is -2.47. The minimum absolute atomic E-state index is 0.0861. The molecule has 0 aliphatic rings. The van der Waals surface area contributed by atoms with Crippen molar-refractivity contribution in [1.29, 1.82) is 5.26 Å². The molecule has 0 aliphatic heterocycles. The van der Waals surface area contributed by atoms with E-state index in [0.717, 1.165) is 32.7 Å². The Kier molecular flexibility index (Phi) is 8.02. The number of nitriles is 1. The minimum atomic E-state index is -0.697. The highest BCUT2D eigenvalue weighted by Gasteiger charge is 2.25. The second-order valence-corrected chi connectivity index (χ2v) is 9.57. The van der Waals surface area contributed by atoms with Gasteiger partial charge in [-0.2, -0.15) is 5.26 Å². The SMILES string of the molecule is Cc1ccccc1-c1cc(C(=O)N[C@@H](CC(C)C)C(=O)NCC#N)sc1-c1ccccc1C. The van der Waals surface area contributed by atoms with Crippen LogP contribution in [0.3, 0.4) is 0 Å². The number of rotatable bonds is 8. The van der Waals surface area contributed by atoms with E-state index in [0.29, 0.717) is 11.3 Å². The molecule has 0 fully saturated rings. The van der Waals surface area contributed by atoms with Crippen LogP contribution in [0.5, 0.6) is 0 Å². The highest BCUT2D eigenvalue weighted by atomic mass is 32.1. The zero-order valence-electron chi connectivity index (χ0n) is 19.4. The second-order valence-electron chi connectivity index (χ2n) is 8.51. The van der Waals surface area contributed by atoms with Crippen LogP contribution >= 0.6 is 11.3 Å². The molecule has 1 heterocycles. The van der Waals surface area contributed by atoms with Gasteiger partial charge in [-0.1, -0.05) is 62.4 Å². The molecule has 1 aromatic heterocycles. The molecule has 170 valence electrons. The van der Waals surface area contributed by atoms with Gasteiger partial charge < -0.3 is 10.6 Å². The number of carbonyl (C=O) groups excluding carboxylic acids is 2. The number of hydrogen-bond donors (Lipinski definition) is 2. The Morgan fingerprint density at radius 3 is 2.15 bits per heavy atom. The van der Waals surface area contributed by atoms with Crippen molar-refractivity contribution in [3.63, 3.8) is 0 Å². The lowest BCUT2D eigenvalue weighted by atomic mass is 9.96. The van der Waals surface area contributed by atoms with Gasteiger partial charge >= 0.3 is 0 Å². The fourth-order valence-corrected chi connectivity index (χ4v) is 4.95. The molecule has 6 heteroatoms. The average molecular weight is 460 g/mol. The molecule has 1 atom stereocenters. The number of carbonyl (C=O) groups is 2. The van der Waals surface area contributed by atoms with E-state index in [1.165, 1.54) is 11.3 Å². The zero-order chi connectivity index (χ0) is 24.0. The Bertz CT molecular complexity index is 1130. The number of hydrogen-bond acceptors (Lipinski definition) is 4. The highest BCUT2D eigenvalue weighted by molar-refractivity contribution is 7.18. The summed E-state index contributed by atoms with van der Waals surface area (Å²) in [6, 6.07) is 19.4. The van der Waals surface area contributed by atoms with E-state index < -0.39 is 6.04 Å². The maximum atomic E-state index is 13.3. The third-order valence-corrected chi connectivity index (χ3v) is 6.62. The topological polar surface area (TPSA) is 82.0 Å². The van der Waals surface area contributed by atoms with Crippen molar-refractivity contribution in [3.8, 4) is 27.6 Å². The van der Waals surface area contributed by atoms with Gasteiger partial charge in [0.05, 0.1) is 10.9 Å². The fraction of sp³-hybridized carbons (Fsp3) is 0.296. The van der Waals surface area contributed by atoms with E-state index >= 15 is 0 Å². The molecular formula is C27H29N3O2S. The van der Waals surface area contributed by atoms with Gasteiger partial charge in [-0.15, -0.1) is 11.3 Å². The molecule has 0 spiro atoms. The van der Waals surface area contributed by atoms with Crippen LogP contribution in [0, 0.1) is 31.1 Å². The second kappa shape index (κ2) is 10.9. The highest BCUT2D eigenvalue weighted by Crippen LogP contribution is 2.41. The number of amides is 2. The summed E-state index contributed by atoms with van der Waals surface area (Å²) in [5, 5.41) is 14.2. The fourth-order valence-electron chi connectivity index (χ4n) is 3.79. The molecule has 0 unspecified atom stereocenters. The Hall–Kier alpha value is -3.43. The summed E-state index contributed by atoms with van der Waals surface area (Å²) in [5.74, 6) is -0.419. The molecule has 0 saturated heterocycles. The van der Waals surface area contributed by atoms with E-state index in [4.69, 9.17) is 5.26 Å². The lowest BCUT2D eigenvalue weighted by Gasteiger charge is -2.19. The van der Waals surface area contributed by atoms with E-state index in [9.17, 15) is 9.59 Å². The summed E-state index contributed by atoms with van der Waals surface area (Å²) >= 11 is 1.43. The van der Waals surface area contributed by atoms with Gasteiger partial charge in [-0.25, -0.2) is 0 Å². The third-order valence-electron chi connectivity index (χ3n) is 5.45. The molecule has 2 N–H and O–H groups in total. The standard InChI is InChI=1S/C27H29N3O2S/c1-17(2)15-23(26(31)29-14-13-28)30-27(32)24-16-22(20-11-7-5-9-18(20)3)25(33-24)21-12-8-6-10-19(21)4/h5-12,16-17,23H,14-15H2,1-4H3,(H,29,31)(H,30,32)/t23-/m0/s1. The van der Waals surface area contributed by atoms with Crippen molar-refractivity contribution >= 4 is 23.2 Å². The van der Waals surface area contributed by atoms with Crippen LogP contribution in [0.25, 0.3) is 21.6 Å². The van der Waals surface area contributed by atoms with Crippen LogP contribution in [0.1, 0.15) is 41.1 Å². The molecule has 3 rings (SSSR count). The summed E-state index contributed by atoms with van der Waals surface area (Å²) < 4.78 is 0. The predicted molar refractivity (Wildman–Crippen MR) is 134 cm³/mol. The van der Waals surface area contributed by atoms with Crippen LogP contribution in [0.4, 0.5) is 0 Å². The van der Waals surface area contributed by atoms with E-state index in [1.54, 1.807) is 0 Å². The Labute approximate surface area is 199 Å². The van der Waals surface area contributed by atoms with Crippen LogP contribution in [-0.4, -0.2) is 24.4 Å². The summed E-state index contributed by atoms with van der Waals surface area (Å²) in [6.07, 6.45) is 0.490. The molecule has 0 aliphatic carbocycles. The van der Waals surface area contributed by atoms with Gasteiger partial charge in [0, 0.05) is 10.4 Å². The number of aryl methyl sites for hydroxylation is 2. The lowest BCUT2D eigenvalue weighted by molar-refractivity contribution is -0.123. The minimum Gasteiger partial charge on any atom is -0.341 e. The van der Waals surface area contributed by atoms with E-state index in [2.05, 4.69) is 48.7 Å². The maximum Gasteiger partial charge on any atom is 0.262 e. The third kappa shape index (κ3) is 5.88. The molecule has 3 aromatic rings. The molecule has 0 bridgehead atoms. The monoisotopic (exact) mass is 459 g/mol. The molecule has 2 aromatic carbocycles. The largest absolute Gasteiger partial charge is 0.341 e. The van der Waals surface area contributed by atoms with Gasteiger partial charge in [0.15, 0.2) is 0 Å².